The highest BCUT2D eigenvalue weighted by atomic mass is 35.5. The fraction of sp³-hybridized carbons (Fsp3) is 0.250. The van der Waals surface area contributed by atoms with Gasteiger partial charge in [-0.1, -0.05) is 23.7 Å². The van der Waals surface area contributed by atoms with Gasteiger partial charge in [0.1, 0.15) is 0 Å². The number of rotatable bonds is 5. The summed E-state index contributed by atoms with van der Waals surface area (Å²) >= 11 is 6.14. The summed E-state index contributed by atoms with van der Waals surface area (Å²) in [5.41, 5.74) is 3.07. The maximum atomic E-state index is 9.67. The summed E-state index contributed by atoms with van der Waals surface area (Å²) in [6, 6.07) is 11.2. The van der Waals surface area contributed by atoms with Gasteiger partial charge >= 0.3 is 0 Å². The molecular formula is C16H18ClNO2. The molecule has 0 bridgehead atoms. The normalized spacial score (nSPS) is 10.3. The van der Waals surface area contributed by atoms with Crippen molar-refractivity contribution in [3.8, 4) is 11.5 Å². The van der Waals surface area contributed by atoms with Gasteiger partial charge in [0.15, 0.2) is 11.5 Å². The van der Waals surface area contributed by atoms with E-state index in [1.54, 1.807) is 6.07 Å². The monoisotopic (exact) mass is 291 g/mol. The van der Waals surface area contributed by atoms with Crippen LogP contribution >= 0.6 is 11.6 Å². The Balaban J connectivity index is 2.10. The number of hydrogen-bond donors (Lipinski definition) is 2. The predicted octanol–water partition coefficient (Wildman–Crippen LogP) is 4.36. The van der Waals surface area contributed by atoms with Crippen LogP contribution in [0.3, 0.4) is 0 Å². The Bertz CT molecular complexity index is 599. The maximum Gasteiger partial charge on any atom is 0.161 e. The molecule has 2 aromatic carbocycles. The molecule has 0 heterocycles. The average molecular weight is 292 g/mol. The van der Waals surface area contributed by atoms with Crippen LogP contribution in [0.15, 0.2) is 36.4 Å². The van der Waals surface area contributed by atoms with Gasteiger partial charge in [0, 0.05) is 6.54 Å². The first-order valence-electron chi connectivity index (χ1n) is 6.55. The largest absolute Gasteiger partial charge is 0.504 e. The minimum absolute atomic E-state index is 0.157. The molecule has 106 valence electrons. The quantitative estimate of drug-likeness (QED) is 0.860. The summed E-state index contributed by atoms with van der Waals surface area (Å²) in [5, 5.41) is 13.6. The van der Waals surface area contributed by atoms with Gasteiger partial charge in [0.05, 0.1) is 17.3 Å². The number of ether oxygens (including phenoxy) is 1. The lowest BCUT2D eigenvalue weighted by atomic mass is 10.2. The van der Waals surface area contributed by atoms with Gasteiger partial charge in [-0.2, -0.15) is 0 Å². The Labute approximate surface area is 124 Å². The molecule has 0 fully saturated rings. The molecule has 0 spiro atoms. The number of nitrogens with one attached hydrogen (secondary N) is 1. The highest BCUT2D eigenvalue weighted by Gasteiger charge is 2.05. The number of halogens is 1. The van der Waals surface area contributed by atoms with Gasteiger partial charge in [-0.15, -0.1) is 0 Å². The third-order valence-corrected chi connectivity index (χ3v) is 3.26. The number of aromatic hydroxyl groups is 1. The summed E-state index contributed by atoms with van der Waals surface area (Å²) in [5.74, 6) is 0.659. The van der Waals surface area contributed by atoms with E-state index in [4.69, 9.17) is 16.3 Å². The van der Waals surface area contributed by atoms with Gasteiger partial charge in [0.2, 0.25) is 0 Å². The molecule has 0 radical (unpaired) electrons. The van der Waals surface area contributed by atoms with E-state index < -0.39 is 0 Å². The van der Waals surface area contributed by atoms with Gasteiger partial charge in [-0.25, -0.2) is 0 Å². The van der Waals surface area contributed by atoms with E-state index >= 15 is 0 Å². The van der Waals surface area contributed by atoms with Crippen LogP contribution in [0.2, 0.25) is 5.02 Å². The second-order valence-corrected chi connectivity index (χ2v) is 4.98. The smallest absolute Gasteiger partial charge is 0.161 e. The van der Waals surface area contributed by atoms with Crippen molar-refractivity contribution in [3.05, 3.63) is 52.5 Å². The molecule has 0 saturated carbocycles. The zero-order valence-electron chi connectivity index (χ0n) is 11.6. The van der Waals surface area contributed by atoms with Crippen LogP contribution in [0, 0.1) is 6.92 Å². The van der Waals surface area contributed by atoms with Crippen LogP contribution < -0.4 is 10.1 Å². The Morgan fingerprint density at radius 3 is 2.75 bits per heavy atom. The van der Waals surface area contributed by atoms with E-state index in [1.807, 2.05) is 44.2 Å². The highest BCUT2D eigenvalue weighted by Crippen LogP contribution is 2.28. The second-order valence-electron chi connectivity index (χ2n) is 4.57. The minimum Gasteiger partial charge on any atom is -0.504 e. The van der Waals surface area contributed by atoms with Crippen LogP contribution in [0.25, 0.3) is 0 Å². The number of hydrogen-bond acceptors (Lipinski definition) is 3. The zero-order valence-corrected chi connectivity index (χ0v) is 12.4. The van der Waals surface area contributed by atoms with E-state index in [-0.39, 0.29) is 5.75 Å². The van der Waals surface area contributed by atoms with Crippen molar-refractivity contribution in [2.45, 2.75) is 20.4 Å². The lowest BCUT2D eigenvalue weighted by molar-refractivity contribution is 0.318. The topological polar surface area (TPSA) is 41.5 Å². The lowest BCUT2D eigenvalue weighted by Gasteiger charge is -2.11. The Kier molecular flexibility index (Phi) is 4.74. The summed E-state index contributed by atoms with van der Waals surface area (Å²) in [4.78, 5) is 0. The van der Waals surface area contributed by atoms with E-state index in [1.165, 1.54) is 0 Å². The van der Waals surface area contributed by atoms with E-state index in [2.05, 4.69) is 5.32 Å². The highest BCUT2D eigenvalue weighted by molar-refractivity contribution is 6.33. The summed E-state index contributed by atoms with van der Waals surface area (Å²) in [6.45, 7) is 5.05. The van der Waals surface area contributed by atoms with Crippen LogP contribution in [-0.4, -0.2) is 11.7 Å². The van der Waals surface area contributed by atoms with Crippen molar-refractivity contribution in [2.24, 2.45) is 0 Å². The van der Waals surface area contributed by atoms with E-state index in [0.717, 1.165) is 16.8 Å². The maximum absolute atomic E-state index is 9.67. The van der Waals surface area contributed by atoms with Crippen molar-refractivity contribution in [1.29, 1.82) is 0 Å². The molecule has 0 amide bonds. The summed E-state index contributed by atoms with van der Waals surface area (Å²) in [7, 11) is 0. The molecule has 0 aliphatic carbocycles. The zero-order chi connectivity index (χ0) is 14.5. The molecule has 0 saturated heterocycles. The fourth-order valence-corrected chi connectivity index (χ4v) is 2.10. The van der Waals surface area contributed by atoms with Crippen molar-refractivity contribution < 1.29 is 9.84 Å². The first kappa shape index (κ1) is 14.5. The third kappa shape index (κ3) is 3.58. The molecule has 0 aliphatic heterocycles. The van der Waals surface area contributed by atoms with Crippen molar-refractivity contribution in [3.63, 3.8) is 0 Å². The molecule has 3 nitrogen and oxygen atoms in total. The summed E-state index contributed by atoms with van der Waals surface area (Å²) in [6.07, 6.45) is 0. The Hall–Kier alpha value is -1.87. The molecule has 0 atom stereocenters. The molecule has 2 rings (SSSR count). The first-order valence-corrected chi connectivity index (χ1v) is 6.92. The van der Waals surface area contributed by atoms with E-state index in [9.17, 15) is 5.11 Å². The Morgan fingerprint density at radius 2 is 2.00 bits per heavy atom. The second kappa shape index (κ2) is 6.53. The number of anilines is 1. The molecule has 0 aromatic heterocycles. The Morgan fingerprint density at radius 1 is 1.20 bits per heavy atom. The number of phenolic OH excluding ortho intramolecular Hbond substituents is 1. The van der Waals surface area contributed by atoms with Crippen LogP contribution in [0.5, 0.6) is 11.5 Å². The first-order chi connectivity index (χ1) is 9.60. The molecule has 0 unspecified atom stereocenters. The van der Waals surface area contributed by atoms with Crippen molar-refractivity contribution in [2.75, 3.05) is 11.9 Å². The predicted molar refractivity (Wildman–Crippen MR) is 82.8 cm³/mol. The molecular weight excluding hydrogens is 274 g/mol. The SMILES string of the molecule is CCOc1cc(CNc2cc(C)ccc2Cl)ccc1O. The number of benzene rings is 2. The fourth-order valence-electron chi connectivity index (χ4n) is 1.91. The van der Waals surface area contributed by atoms with Gasteiger partial charge in [0.25, 0.3) is 0 Å². The van der Waals surface area contributed by atoms with Gasteiger partial charge in [-0.05, 0) is 49.2 Å². The van der Waals surface area contributed by atoms with Gasteiger partial charge in [-0.3, -0.25) is 0 Å². The number of phenols is 1. The van der Waals surface area contributed by atoms with Gasteiger partial charge < -0.3 is 15.2 Å². The third-order valence-electron chi connectivity index (χ3n) is 2.93. The van der Waals surface area contributed by atoms with Crippen molar-refractivity contribution >= 4 is 17.3 Å². The molecule has 2 N–H and O–H groups in total. The average Bonchev–Trinajstić information content (AvgIpc) is 2.43. The van der Waals surface area contributed by atoms with Crippen LogP contribution in [0.1, 0.15) is 18.1 Å². The van der Waals surface area contributed by atoms with Crippen molar-refractivity contribution in [1.82, 2.24) is 0 Å². The minimum atomic E-state index is 0.157. The van der Waals surface area contributed by atoms with Crippen LogP contribution in [0.4, 0.5) is 5.69 Å². The molecule has 20 heavy (non-hydrogen) atoms. The van der Waals surface area contributed by atoms with E-state index in [0.29, 0.717) is 23.9 Å². The number of aryl methyl sites for hydroxylation is 1. The van der Waals surface area contributed by atoms with Crippen LogP contribution in [-0.2, 0) is 6.54 Å². The standard InChI is InChI=1S/C16H18ClNO2/c1-3-20-16-9-12(5-7-15(16)19)10-18-14-8-11(2)4-6-13(14)17/h4-9,18-19H,3,10H2,1-2H3. The molecule has 4 heteroatoms. The summed E-state index contributed by atoms with van der Waals surface area (Å²) < 4.78 is 5.37. The molecule has 2 aromatic rings. The molecule has 0 aliphatic rings. The lowest BCUT2D eigenvalue weighted by Crippen LogP contribution is -2.01.